The Morgan fingerprint density at radius 3 is 2.79 bits per heavy atom. The molecule has 1 aromatic carbocycles. The summed E-state index contributed by atoms with van der Waals surface area (Å²) in [6.45, 7) is 0. The molecular weight excluding hydrogens is 543 g/mol. The van der Waals surface area contributed by atoms with E-state index < -0.39 is 5.97 Å². The van der Waals surface area contributed by atoms with Crippen LogP contribution in [-0.4, -0.2) is 34.3 Å². The van der Waals surface area contributed by atoms with Crippen LogP contribution < -0.4 is 10.9 Å². The van der Waals surface area contributed by atoms with E-state index in [0.717, 1.165) is 29.7 Å². The largest absolute Gasteiger partial charge is 0.465 e. The Labute approximate surface area is 229 Å². The molecular formula is C27H21N3O5S3. The second-order valence-electron chi connectivity index (χ2n) is 8.57. The van der Waals surface area contributed by atoms with E-state index in [1.807, 2.05) is 41.8 Å². The molecule has 11 heteroatoms. The first-order valence-corrected chi connectivity index (χ1v) is 14.5. The predicted molar refractivity (Wildman–Crippen MR) is 150 cm³/mol. The number of ether oxygens (including phenoxy) is 1. The predicted octanol–water partition coefficient (Wildman–Crippen LogP) is 5.77. The first kappa shape index (κ1) is 24.7. The molecule has 4 aromatic heterocycles. The minimum absolute atomic E-state index is 0.00434. The van der Waals surface area contributed by atoms with E-state index in [9.17, 15) is 14.4 Å². The van der Waals surface area contributed by atoms with E-state index in [1.54, 1.807) is 12.3 Å². The molecule has 0 aliphatic heterocycles. The molecule has 0 unspecified atom stereocenters. The van der Waals surface area contributed by atoms with Gasteiger partial charge in [0.25, 0.3) is 5.56 Å². The minimum Gasteiger partial charge on any atom is -0.465 e. The van der Waals surface area contributed by atoms with E-state index in [0.29, 0.717) is 42.9 Å². The number of esters is 1. The van der Waals surface area contributed by atoms with E-state index in [4.69, 9.17) is 14.1 Å². The number of thiophene rings is 2. The molecule has 0 saturated carbocycles. The lowest BCUT2D eigenvalue weighted by molar-refractivity contribution is -0.113. The van der Waals surface area contributed by atoms with E-state index in [2.05, 4.69) is 5.32 Å². The lowest BCUT2D eigenvalue weighted by atomic mass is 10.1. The monoisotopic (exact) mass is 563 g/mol. The quantitative estimate of drug-likeness (QED) is 0.152. The zero-order valence-electron chi connectivity index (χ0n) is 20.2. The Hall–Kier alpha value is -3.67. The van der Waals surface area contributed by atoms with Gasteiger partial charge in [0.15, 0.2) is 5.16 Å². The number of hydrogen-bond acceptors (Lipinski definition) is 9. The molecule has 6 rings (SSSR count). The number of furan rings is 1. The molecule has 192 valence electrons. The van der Waals surface area contributed by atoms with E-state index >= 15 is 0 Å². The summed E-state index contributed by atoms with van der Waals surface area (Å²) in [6.07, 6.45) is 4.25. The summed E-state index contributed by atoms with van der Waals surface area (Å²) in [4.78, 5) is 45.7. The zero-order valence-corrected chi connectivity index (χ0v) is 22.6. The van der Waals surface area contributed by atoms with Crippen LogP contribution in [-0.2, 0) is 22.4 Å². The number of benzene rings is 1. The van der Waals surface area contributed by atoms with Gasteiger partial charge >= 0.3 is 5.97 Å². The number of methoxy groups -OCH3 is 1. The highest BCUT2D eigenvalue weighted by atomic mass is 32.2. The summed E-state index contributed by atoms with van der Waals surface area (Å²) in [6, 6.07) is 12.8. The fourth-order valence-electron chi connectivity index (χ4n) is 4.59. The molecule has 8 nitrogen and oxygen atoms in total. The maximum absolute atomic E-state index is 13.8. The second kappa shape index (κ2) is 10.2. The number of nitrogens with one attached hydrogen (secondary N) is 1. The normalized spacial score (nSPS) is 12.6. The van der Waals surface area contributed by atoms with Gasteiger partial charge in [-0.1, -0.05) is 30.0 Å². The maximum Gasteiger partial charge on any atom is 0.341 e. The molecule has 0 spiro atoms. The van der Waals surface area contributed by atoms with Crippen molar-refractivity contribution >= 4 is 61.5 Å². The number of aromatic nitrogens is 2. The number of carbonyl (C=O) groups excluding carboxylic acids is 2. The lowest BCUT2D eigenvalue weighted by Gasteiger charge is -2.12. The number of fused-ring (bicyclic) bond motifs is 2. The number of hydrogen-bond donors (Lipinski definition) is 1. The molecule has 0 radical (unpaired) electrons. The Kier molecular flexibility index (Phi) is 6.64. The summed E-state index contributed by atoms with van der Waals surface area (Å²) in [5.74, 6) is -0.137. The van der Waals surface area contributed by atoms with Gasteiger partial charge in [0, 0.05) is 15.8 Å². The number of rotatable bonds is 7. The number of anilines is 1. The van der Waals surface area contributed by atoms with Gasteiger partial charge in [-0.05, 0) is 49.1 Å². The average molecular weight is 564 g/mol. The molecule has 38 heavy (non-hydrogen) atoms. The van der Waals surface area contributed by atoms with Gasteiger partial charge in [0.2, 0.25) is 5.91 Å². The van der Waals surface area contributed by atoms with Gasteiger partial charge in [0.05, 0.1) is 35.8 Å². The first-order chi connectivity index (χ1) is 18.5. The fraction of sp³-hybridized carbons (Fsp3) is 0.185. The number of amides is 1. The third-order valence-corrected chi connectivity index (χ3v) is 9.29. The highest BCUT2D eigenvalue weighted by molar-refractivity contribution is 7.99. The maximum atomic E-state index is 13.8. The van der Waals surface area contributed by atoms with Crippen LogP contribution in [0.2, 0.25) is 0 Å². The Morgan fingerprint density at radius 2 is 2.03 bits per heavy atom. The van der Waals surface area contributed by atoms with Crippen molar-refractivity contribution in [3.05, 3.63) is 80.5 Å². The van der Waals surface area contributed by atoms with Crippen LogP contribution in [0.4, 0.5) is 5.00 Å². The summed E-state index contributed by atoms with van der Waals surface area (Å²) >= 11 is 3.95. The van der Waals surface area contributed by atoms with Gasteiger partial charge in [-0.15, -0.1) is 22.7 Å². The van der Waals surface area contributed by atoms with Gasteiger partial charge in [-0.25, -0.2) is 9.78 Å². The molecule has 0 saturated heterocycles. The van der Waals surface area contributed by atoms with Crippen LogP contribution in [0, 0.1) is 0 Å². The number of aryl methyl sites for hydroxylation is 1. The molecule has 0 atom stereocenters. The van der Waals surface area contributed by atoms with Gasteiger partial charge in [0.1, 0.15) is 15.6 Å². The van der Waals surface area contributed by atoms with Crippen molar-refractivity contribution in [1.29, 1.82) is 0 Å². The Morgan fingerprint density at radius 1 is 1.18 bits per heavy atom. The van der Waals surface area contributed by atoms with Crippen LogP contribution in [0.1, 0.15) is 27.2 Å². The van der Waals surface area contributed by atoms with Crippen LogP contribution >= 0.6 is 34.4 Å². The van der Waals surface area contributed by atoms with E-state index in [1.165, 1.54) is 46.1 Å². The zero-order chi connectivity index (χ0) is 26.2. The number of para-hydroxylation sites is 1. The van der Waals surface area contributed by atoms with Crippen LogP contribution in [0.5, 0.6) is 0 Å². The molecule has 1 aliphatic carbocycles. The molecule has 5 aromatic rings. The van der Waals surface area contributed by atoms with Gasteiger partial charge in [-0.2, -0.15) is 0 Å². The van der Waals surface area contributed by atoms with Crippen molar-refractivity contribution < 1.29 is 18.7 Å². The molecule has 1 aliphatic rings. The second-order valence-corrected chi connectivity index (χ2v) is 11.5. The minimum atomic E-state index is -0.442. The van der Waals surface area contributed by atoms with Crippen molar-refractivity contribution in [2.75, 3.05) is 18.2 Å². The molecule has 1 amide bonds. The van der Waals surface area contributed by atoms with Gasteiger partial charge < -0.3 is 14.5 Å². The Balaban J connectivity index is 1.33. The first-order valence-electron chi connectivity index (χ1n) is 11.8. The summed E-state index contributed by atoms with van der Waals surface area (Å²) < 4.78 is 12.1. The van der Waals surface area contributed by atoms with Crippen molar-refractivity contribution in [3.63, 3.8) is 0 Å². The van der Waals surface area contributed by atoms with Crippen LogP contribution in [0.15, 0.2) is 68.5 Å². The van der Waals surface area contributed by atoms with Crippen molar-refractivity contribution in [2.24, 2.45) is 0 Å². The highest BCUT2D eigenvalue weighted by Crippen LogP contribution is 2.40. The third-order valence-electron chi connectivity index (χ3n) is 6.27. The highest BCUT2D eigenvalue weighted by Gasteiger charge is 2.28. The van der Waals surface area contributed by atoms with Crippen LogP contribution in [0.3, 0.4) is 0 Å². The third kappa shape index (κ3) is 4.36. The Bertz CT molecular complexity index is 1720. The van der Waals surface area contributed by atoms with Gasteiger partial charge in [-0.3, -0.25) is 14.2 Å². The van der Waals surface area contributed by atoms with Crippen molar-refractivity contribution in [2.45, 2.75) is 24.4 Å². The van der Waals surface area contributed by atoms with Crippen molar-refractivity contribution in [1.82, 2.24) is 9.55 Å². The summed E-state index contributed by atoms with van der Waals surface area (Å²) in [7, 11) is 1.34. The summed E-state index contributed by atoms with van der Waals surface area (Å²) in [5.41, 5.74) is 2.52. The number of thioether (sulfide) groups is 1. The molecule has 0 fully saturated rings. The summed E-state index contributed by atoms with van der Waals surface area (Å²) in [5, 5.41) is 6.14. The number of nitrogens with zero attached hydrogens (tertiary/aromatic N) is 2. The molecule has 1 N–H and O–H groups in total. The molecule has 4 heterocycles. The van der Waals surface area contributed by atoms with Crippen molar-refractivity contribution in [3.8, 4) is 17.0 Å². The fourth-order valence-corrected chi connectivity index (χ4v) is 7.66. The average Bonchev–Trinajstić information content (AvgIpc) is 3.72. The standard InChI is InChI=1S/C27H21N3O5S3/c1-34-26(33)22-16-9-5-11-19(16)38-24(22)28-20(31)14-37-27-29-23-21(17(13-36-23)18-10-6-12-35-18)25(32)30(27)15-7-3-2-4-8-15/h2-4,6-8,10,12-13H,5,9,11,14H2,1H3,(H,28,31). The van der Waals surface area contributed by atoms with Crippen LogP contribution in [0.25, 0.3) is 27.2 Å². The SMILES string of the molecule is COC(=O)c1c(NC(=O)CSc2nc3scc(-c4ccco4)c3c(=O)n2-c2ccccc2)sc2c1CCC2. The smallest absolute Gasteiger partial charge is 0.341 e. The topological polar surface area (TPSA) is 103 Å². The number of carbonyl (C=O) groups is 2. The molecule has 0 bridgehead atoms. The lowest BCUT2D eigenvalue weighted by Crippen LogP contribution is -2.22. The van der Waals surface area contributed by atoms with E-state index in [-0.39, 0.29) is 17.2 Å².